The van der Waals surface area contributed by atoms with E-state index in [2.05, 4.69) is 266 Å². The van der Waals surface area contributed by atoms with E-state index in [0.717, 1.165) is 28.3 Å². The Labute approximate surface area is 381 Å². The van der Waals surface area contributed by atoms with E-state index in [1.807, 2.05) is 0 Å². The van der Waals surface area contributed by atoms with Crippen LogP contribution in [0.1, 0.15) is 25.0 Å². The lowest BCUT2D eigenvalue weighted by Crippen LogP contribution is -2.14. The molecule has 1 aliphatic rings. The Morgan fingerprint density at radius 1 is 0.354 bits per heavy atom. The highest BCUT2D eigenvalue weighted by molar-refractivity contribution is 6.17. The van der Waals surface area contributed by atoms with Crippen molar-refractivity contribution in [3.8, 4) is 61.3 Å². The van der Waals surface area contributed by atoms with Gasteiger partial charge in [-0.25, -0.2) is 0 Å². The molecule has 0 saturated carbocycles. The largest absolute Gasteiger partial charge is 0.309 e. The highest BCUT2D eigenvalue weighted by Crippen LogP contribution is 2.54. The Hall–Kier alpha value is -8.20. The minimum absolute atomic E-state index is 0.104. The summed E-state index contributed by atoms with van der Waals surface area (Å²) < 4.78 is 2.42. The van der Waals surface area contributed by atoms with Crippen molar-refractivity contribution < 1.29 is 0 Å². The van der Waals surface area contributed by atoms with E-state index in [1.54, 1.807) is 0 Å². The summed E-state index contributed by atoms with van der Waals surface area (Å²) in [6, 6.07) is 89.0. The van der Waals surface area contributed by atoms with Gasteiger partial charge in [0.15, 0.2) is 0 Å². The molecular formula is C63H46N2. The third kappa shape index (κ3) is 6.25. The molecule has 0 spiro atoms. The number of para-hydroxylation sites is 2. The molecule has 12 rings (SSSR count). The van der Waals surface area contributed by atoms with Crippen molar-refractivity contribution in [3.63, 3.8) is 0 Å². The number of anilines is 3. The van der Waals surface area contributed by atoms with Gasteiger partial charge in [0.25, 0.3) is 0 Å². The zero-order valence-corrected chi connectivity index (χ0v) is 36.5. The molecule has 0 aliphatic heterocycles. The second-order valence-electron chi connectivity index (χ2n) is 17.6. The van der Waals surface area contributed by atoms with Crippen LogP contribution in [0.25, 0.3) is 83.1 Å². The van der Waals surface area contributed by atoms with Gasteiger partial charge in [0.1, 0.15) is 0 Å². The molecule has 0 fully saturated rings. The van der Waals surface area contributed by atoms with Gasteiger partial charge in [-0.15, -0.1) is 0 Å². The van der Waals surface area contributed by atoms with Gasteiger partial charge >= 0.3 is 0 Å². The molecule has 308 valence electrons. The molecule has 2 heteroatoms. The Kier molecular flexibility index (Phi) is 9.21. The minimum Gasteiger partial charge on any atom is -0.309 e. The molecule has 1 aromatic heterocycles. The first-order valence-corrected chi connectivity index (χ1v) is 22.6. The Morgan fingerprint density at radius 2 is 0.862 bits per heavy atom. The zero-order chi connectivity index (χ0) is 43.5. The van der Waals surface area contributed by atoms with Gasteiger partial charge in [-0.05, 0) is 110 Å². The lowest BCUT2D eigenvalue weighted by atomic mass is 9.82. The van der Waals surface area contributed by atoms with Crippen molar-refractivity contribution in [1.29, 1.82) is 0 Å². The maximum atomic E-state index is 2.54. The number of hydrogen-bond donors (Lipinski definition) is 0. The van der Waals surface area contributed by atoms with Crippen LogP contribution in [-0.2, 0) is 5.41 Å². The maximum Gasteiger partial charge on any atom is 0.0562 e. The predicted octanol–water partition coefficient (Wildman–Crippen LogP) is 17.2. The number of aromatic nitrogens is 1. The molecule has 0 atom stereocenters. The molecule has 0 unspecified atom stereocenters. The van der Waals surface area contributed by atoms with Crippen LogP contribution < -0.4 is 4.90 Å². The highest BCUT2D eigenvalue weighted by atomic mass is 15.2. The molecule has 10 aromatic carbocycles. The van der Waals surface area contributed by atoms with Crippen molar-refractivity contribution in [1.82, 2.24) is 4.57 Å². The third-order valence-electron chi connectivity index (χ3n) is 13.6. The second-order valence-corrected chi connectivity index (χ2v) is 17.6. The van der Waals surface area contributed by atoms with Crippen LogP contribution in [0.3, 0.4) is 0 Å². The fourth-order valence-corrected chi connectivity index (χ4v) is 10.7. The molecule has 65 heavy (non-hydrogen) atoms. The standard InChI is InChI=1S/C63H46N2/c1-63(2)54-36-16-14-32-52(54)60-50(34-19-37-55(60)63)45-26-18-29-47(42-45)65(59-41-21-40-58-62(59)53-33-15-17-38-56(53)64(58)46-27-10-5-11-28-46)57-39-20-35-49(44-24-8-4-9-25-44)61(57)51-31-13-12-30-48(51)43-22-6-3-7-23-43/h3-42H,1-2H3. The van der Waals surface area contributed by atoms with E-state index in [9.17, 15) is 0 Å². The number of nitrogens with zero attached hydrogens (tertiary/aromatic N) is 2. The van der Waals surface area contributed by atoms with Gasteiger partial charge in [-0.1, -0.05) is 208 Å². The van der Waals surface area contributed by atoms with Crippen LogP contribution in [0.2, 0.25) is 0 Å². The summed E-state index contributed by atoms with van der Waals surface area (Å²) in [5, 5.41) is 2.40. The minimum atomic E-state index is -0.104. The van der Waals surface area contributed by atoms with Crippen molar-refractivity contribution in [2.45, 2.75) is 19.3 Å². The van der Waals surface area contributed by atoms with Crippen LogP contribution in [0, 0.1) is 0 Å². The summed E-state index contributed by atoms with van der Waals surface area (Å²) in [5.74, 6) is 0. The molecule has 0 radical (unpaired) electrons. The fourth-order valence-electron chi connectivity index (χ4n) is 10.7. The molecule has 0 amide bonds. The molecule has 0 N–H and O–H groups in total. The monoisotopic (exact) mass is 830 g/mol. The third-order valence-corrected chi connectivity index (χ3v) is 13.6. The molecular weight excluding hydrogens is 785 g/mol. The first-order valence-electron chi connectivity index (χ1n) is 22.6. The fraction of sp³-hybridized carbons (Fsp3) is 0.0476. The Bertz CT molecular complexity index is 3560. The summed E-state index contributed by atoms with van der Waals surface area (Å²) in [6.07, 6.45) is 0. The molecule has 0 saturated heterocycles. The van der Waals surface area contributed by atoms with Gasteiger partial charge in [0.2, 0.25) is 0 Å². The normalized spacial score (nSPS) is 12.6. The SMILES string of the molecule is CC1(C)c2ccccc2-c2c(-c3cccc(N(c4cccc(-c5ccccc5)c4-c4ccccc4-c4ccccc4)c4cccc5c4c4ccccc4n5-c4ccccc4)c3)cccc21. The van der Waals surface area contributed by atoms with Gasteiger partial charge in [0.05, 0.1) is 22.4 Å². The first kappa shape index (κ1) is 38.5. The van der Waals surface area contributed by atoms with Gasteiger partial charge in [-0.3, -0.25) is 0 Å². The van der Waals surface area contributed by atoms with E-state index >= 15 is 0 Å². The zero-order valence-electron chi connectivity index (χ0n) is 36.5. The van der Waals surface area contributed by atoms with Gasteiger partial charge in [-0.2, -0.15) is 0 Å². The number of benzene rings is 10. The van der Waals surface area contributed by atoms with Crippen molar-refractivity contribution in [3.05, 3.63) is 254 Å². The lowest BCUT2D eigenvalue weighted by Gasteiger charge is -2.31. The molecule has 2 nitrogen and oxygen atoms in total. The lowest BCUT2D eigenvalue weighted by molar-refractivity contribution is 0.660. The Balaban J connectivity index is 1.19. The second kappa shape index (κ2) is 15.6. The number of hydrogen-bond acceptors (Lipinski definition) is 1. The predicted molar refractivity (Wildman–Crippen MR) is 275 cm³/mol. The van der Waals surface area contributed by atoms with Crippen LogP contribution >= 0.6 is 0 Å². The topological polar surface area (TPSA) is 8.17 Å². The summed E-state index contributed by atoms with van der Waals surface area (Å²) in [6.45, 7) is 4.72. The van der Waals surface area contributed by atoms with E-state index < -0.39 is 0 Å². The van der Waals surface area contributed by atoms with E-state index in [4.69, 9.17) is 0 Å². The van der Waals surface area contributed by atoms with Crippen molar-refractivity contribution in [2.24, 2.45) is 0 Å². The van der Waals surface area contributed by atoms with Crippen LogP contribution in [-0.4, -0.2) is 4.57 Å². The highest BCUT2D eigenvalue weighted by Gasteiger charge is 2.36. The first-order chi connectivity index (χ1) is 32.1. The van der Waals surface area contributed by atoms with Gasteiger partial charge in [0, 0.05) is 33.1 Å². The van der Waals surface area contributed by atoms with E-state index in [-0.39, 0.29) is 5.41 Å². The summed E-state index contributed by atoms with van der Waals surface area (Å²) in [7, 11) is 0. The van der Waals surface area contributed by atoms with Crippen molar-refractivity contribution in [2.75, 3.05) is 4.90 Å². The summed E-state index contributed by atoms with van der Waals surface area (Å²) >= 11 is 0. The molecule has 1 heterocycles. The van der Waals surface area contributed by atoms with E-state index in [0.29, 0.717) is 0 Å². The molecule has 11 aromatic rings. The van der Waals surface area contributed by atoms with Crippen LogP contribution in [0.15, 0.2) is 243 Å². The van der Waals surface area contributed by atoms with Gasteiger partial charge < -0.3 is 9.47 Å². The molecule has 0 bridgehead atoms. The molecule has 1 aliphatic carbocycles. The van der Waals surface area contributed by atoms with Crippen LogP contribution in [0.5, 0.6) is 0 Å². The Morgan fingerprint density at radius 3 is 1.63 bits per heavy atom. The van der Waals surface area contributed by atoms with Crippen molar-refractivity contribution >= 4 is 38.9 Å². The van der Waals surface area contributed by atoms with E-state index in [1.165, 1.54) is 83.1 Å². The average molecular weight is 831 g/mol. The summed E-state index contributed by atoms with van der Waals surface area (Å²) in [5.41, 5.74) is 21.5. The smallest absolute Gasteiger partial charge is 0.0562 e. The quantitative estimate of drug-likeness (QED) is 0.148. The number of rotatable bonds is 8. The van der Waals surface area contributed by atoms with Crippen LogP contribution in [0.4, 0.5) is 17.1 Å². The maximum absolute atomic E-state index is 2.54. The average Bonchev–Trinajstić information content (AvgIpc) is 3.84. The number of fused-ring (bicyclic) bond motifs is 6. The summed E-state index contributed by atoms with van der Waals surface area (Å²) in [4.78, 5) is 2.54.